The van der Waals surface area contributed by atoms with Gasteiger partial charge in [0.25, 0.3) is 0 Å². The lowest BCUT2D eigenvalue weighted by Crippen LogP contribution is -2.31. The lowest BCUT2D eigenvalue weighted by atomic mass is 9.77. The SMILES string of the molecule is CCCCCCCCCCCCCC(C)C(C)(C)C(=O)O. The molecule has 0 saturated carbocycles. The molecule has 0 saturated heterocycles. The summed E-state index contributed by atoms with van der Waals surface area (Å²) in [6.45, 7) is 8.03. The molecule has 0 aromatic heterocycles. The topological polar surface area (TPSA) is 37.3 Å². The molecule has 0 amide bonds. The predicted octanol–water partition coefficient (Wildman–Crippen LogP) is 6.43. The molecule has 2 heteroatoms. The fourth-order valence-electron chi connectivity index (χ4n) is 2.69. The lowest BCUT2D eigenvalue weighted by molar-refractivity contribution is -0.149. The van der Waals surface area contributed by atoms with Crippen LogP contribution in [0.1, 0.15) is 105 Å². The Bertz CT molecular complexity index is 258. The van der Waals surface area contributed by atoms with E-state index in [1.165, 1.54) is 70.6 Å². The van der Waals surface area contributed by atoms with Crippen molar-refractivity contribution in [1.82, 2.24) is 0 Å². The Balaban J connectivity index is 3.38. The van der Waals surface area contributed by atoms with Gasteiger partial charge in [-0.05, 0) is 26.2 Å². The Morgan fingerprint density at radius 1 is 0.857 bits per heavy atom. The molecule has 0 aliphatic heterocycles. The molecule has 1 N–H and O–H groups in total. The fourth-order valence-corrected chi connectivity index (χ4v) is 2.69. The first-order valence-electron chi connectivity index (χ1n) is 9.16. The van der Waals surface area contributed by atoms with Gasteiger partial charge in [-0.15, -0.1) is 0 Å². The van der Waals surface area contributed by atoms with Gasteiger partial charge in [-0.2, -0.15) is 0 Å². The van der Waals surface area contributed by atoms with E-state index in [9.17, 15) is 9.90 Å². The fraction of sp³-hybridized carbons (Fsp3) is 0.947. The molecule has 2 nitrogen and oxygen atoms in total. The van der Waals surface area contributed by atoms with Crippen molar-refractivity contribution < 1.29 is 9.90 Å². The van der Waals surface area contributed by atoms with Crippen molar-refractivity contribution in [2.75, 3.05) is 0 Å². The van der Waals surface area contributed by atoms with Gasteiger partial charge in [-0.1, -0.05) is 84.5 Å². The smallest absolute Gasteiger partial charge is 0.309 e. The minimum atomic E-state index is -0.668. The second-order valence-electron chi connectivity index (χ2n) is 7.25. The molecule has 0 rings (SSSR count). The molecule has 0 aromatic rings. The molecule has 0 heterocycles. The molecule has 0 aliphatic rings. The summed E-state index contributed by atoms with van der Waals surface area (Å²) in [4.78, 5) is 11.2. The van der Waals surface area contributed by atoms with Gasteiger partial charge in [-0.25, -0.2) is 0 Å². The number of unbranched alkanes of at least 4 members (excludes halogenated alkanes) is 10. The van der Waals surface area contributed by atoms with Gasteiger partial charge in [-0.3, -0.25) is 4.79 Å². The standard InChI is InChI=1S/C19H38O2/c1-5-6-7-8-9-10-11-12-13-14-15-16-17(2)19(3,4)18(20)21/h17H,5-16H2,1-4H3,(H,20,21). The molecule has 1 unspecified atom stereocenters. The van der Waals surface area contributed by atoms with E-state index < -0.39 is 11.4 Å². The monoisotopic (exact) mass is 298 g/mol. The number of hydrogen-bond donors (Lipinski definition) is 1. The second kappa shape index (κ2) is 12.1. The Labute approximate surface area is 132 Å². The van der Waals surface area contributed by atoms with Crippen LogP contribution in [0.3, 0.4) is 0 Å². The summed E-state index contributed by atoms with van der Waals surface area (Å²) in [6.07, 6.45) is 15.9. The molecular formula is C19H38O2. The van der Waals surface area contributed by atoms with E-state index in [0.29, 0.717) is 0 Å². The van der Waals surface area contributed by atoms with Crippen LogP contribution in [0.2, 0.25) is 0 Å². The van der Waals surface area contributed by atoms with Crippen LogP contribution in [0.25, 0.3) is 0 Å². The van der Waals surface area contributed by atoms with Gasteiger partial charge in [0.1, 0.15) is 0 Å². The van der Waals surface area contributed by atoms with E-state index >= 15 is 0 Å². The number of rotatable bonds is 14. The van der Waals surface area contributed by atoms with Crippen LogP contribution in [-0.2, 0) is 4.79 Å². The molecule has 126 valence electrons. The van der Waals surface area contributed by atoms with Crippen molar-refractivity contribution in [3.05, 3.63) is 0 Å². The Morgan fingerprint density at radius 3 is 1.62 bits per heavy atom. The molecule has 0 aromatic carbocycles. The highest BCUT2D eigenvalue weighted by Gasteiger charge is 2.33. The van der Waals surface area contributed by atoms with Crippen LogP contribution in [0.15, 0.2) is 0 Å². The van der Waals surface area contributed by atoms with E-state index in [0.717, 1.165) is 6.42 Å². The van der Waals surface area contributed by atoms with Gasteiger partial charge in [0.05, 0.1) is 5.41 Å². The van der Waals surface area contributed by atoms with Gasteiger partial charge < -0.3 is 5.11 Å². The quantitative estimate of drug-likeness (QED) is 0.375. The molecule has 0 bridgehead atoms. The maximum atomic E-state index is 11.2. The van der Waals surface area contributed by atoms with Crippen molar-refractivity contribution in [3.63, 3.8) is 0 Å². The number of carbonyl (C=O) groups is 1. The van der Waals surface area contributed by atoms with Gasteiger partial charge in [0, 0.05) is 0 Å². The zero-order valence-corrected chi connectivity index (χ0v) is 14.9. The summed E-state index contributed by atoms with van der Waals surface area (Å²) in [5.41, 5.74) is -0.585. The van der Waals surface area contributed by atoms with E-state index in [1.54, 1.807) is 0 Å². The third kappa shape index (κ3) is 9.92. The summed E-state index contributed by atoms with van der Waals surface area (Å²) in [6, 6.07) is 0. The van der Waals surface area contributed by atoms with Gasteiger partial charge in [0.2, 0.25) is 0 Å². The van der Waals surface area contributed by atoms with E-state index in [4.69, 9.17) is 0 Å². The summed E-state index contributed by atoms with van der Waals surface area (Å²) in [7, 11) is 0. The molecule has 0 radical (unpaired) electrons. The Morgan fingerprint density at radius 2 is 1.24 bits per heavy atom. The van der Waals surface area contributed by atoms with Crippen molar-refractivity contribution in [2.45, 2.75) is 105 Å². The zero-order valence-electron chi connectivity index (χ0n) is 14.9. The van der Waals surface area contributed by atoms with Crippen molar-refractivity contribution in [2.24, 2.45) is 11.3 Å². The van der Waals surface area contributed by atoms with Crippen LogP contribution in [-0.4, -0.2) is 11.1 Å². The molecule has 0 aliphatic carbocycles. The number of aliphatic carboxylic acids is 1. The molecule has 1 atom stereocenters. The summed E-state index contributed by atoms with van der Waals surface area (Å²) in [5.74, 6) is -0.411. The molecule has 0 fully saturated rings. The minimum absolute atomic E-state index is 0.258. The largest absolute Gasteiger partial charge is 0.481 e. The zero-order chi connectivity index (χ0) is 16.1. The first-order valence-corrected chi connectivity index (χ1v) is 9.16. The highest BCUT2D eigenvalue weighted by molar-refractivity contribution is 5.73. The van der Waals surface area contributed by atoms with Gasteiger partial charge in [0.15, 0.2) is 0 Å². The first kappa shape index (κ1) is 20.5. The molecule has 0 spiro atoms. The average Bonchev–Trinajstić information content (AvgIpc) is 2.44. The Kier molecular flexibility index (Phi) is 11.8. The summed E-state index contributed by atoms with van der Waals surface area (Å²) >= 11 is 0. The van der Waals surface area contributed by atoms with Crippen molar-refractivity contribution in [3.8, 4) is 0 Å². The van der Waals surface area contributed by atoms with Crippen molar-refractivity contribution >= 4 is 5.97 Å². The minimum Gasteiger partial charge on any atom is -0.481 e. The highest BCUT2D eigenvalue weighted by atomic mass is 16.4. The maximum absolute atomic E-state index is 11.2. The van der Waals surface area contributed by atoms with E-state index in [-0.39, 0.29) is 5.92 Å². The lowest BCUT2D eigenvalue weighted by Gasteiger charge is -2.27. The third-order valence-electron chi connectivity index (χ3n) is 5.02. The summed E-state index contributed by atoms with van der Waals surface area (Å²) in [5, 5.41) is 9.19. The number of hydrogen-bond acceptors (Lipinski definition) is 1. The third-order valence-corrected chi connectivity index (χ3v) is 5.02. The van der Waals surface area contributed by atoms with Crippen LogP contribution in [0, 0.1) is 11.3 Å². The number of carboxylic acids is 1. The van der Waals surface area contributed by atoms with Gasteiger partial charge >= 0.3 is 5.97 Å². The van der Waals surface area contributed by atoms with E-state index in [2.05, 4.69) is 13.8 Å². The molecular weight excluding hydrogens is 260 g/mol. The van der Waals surface area contributed by atoms with Crippen LogP contribution >= 0.6 is 0 Å². The second-order valence-corrected chi connectivity index (χ2v) is 7.25. The van der Waals surface area contributed by atoms with Crippen LogP contribution in [0.5, 0.6) is 0 Å². The van der Waals surface area contributed by atoms with Crippen LogP contribution in [0.4, 0.5) is 0 Å². The van der Waals surface area contributed by atoms with Crippen molar-refractivity contribution in [1.29, 1.82) is 0 Å². The number of carboxylic acid groups (broad SMARTS) is 1. The predicted molar refractivity (Wildman–Crippen MR) is 91.7 cm³/mol. The molecule has 21 heavy (non-hydrogen) atoms. The maximum Gasteiger partial charge on any atom is 0.309 e. The normalized spacial score (nSPS) is 13.3. The summed E-state index contributed by atoms with van der Waals surface area (Å²) < 4.78 is 0. The first-order chi connectivity index (χ1) is 9.92. The van der Waals surface area contributed by atoms with Crippen LogP contribution < -0.4 is 0 Å². The Hall–Kier alpha value is -0.530. The van der Waals surface area contributed by atoms with E-state index in [1.807, 2.05) is 13.8 Å². The highest BCUT2D eigenvalue weighted by Crippen LogP contribution is 2.31. The average molecular weight is 299 g/mol.